The second kappa shape index (κ2) is 6.76. The van der Waals surface area contributed by atoms with Crippen LogP contribution in [0.3, 0.4) is 0 Å². The van der Waals surface area contributed by atoms with Crippen molar-refractivity contribution in [3.63, 3.8) is 0 Å². The van der Waals surface area contributed by atoms with Crippen molar-refractivity contribution < 1.29 is 0 Å². The van der Waals surface area contributed by atoms with E-state index in [1.165, 1.54) is 71.2 Å². The van der Waals surface area contributed by atoms with Gasteiger partial charge in [-0.25, -0.2) is 0 Å². The van der Waals surface area contributed by atoms with E-state index in [2.05, 4.69) is 29.0 Å². The average Bonchev–Trinajstić information content (AvgIpc) is 3.21. The van der Waals surface area contributed by atoms with Crippen molar-refractivity contribution in [1.29, 1.82) is 0 Å². The molecule has 3 fully saturated rings. The van der Waals surface area contributed by atoms with Gasteiger partial charge in [0.05, 0.1) is 0 Å². The van der Waals surface area contributed by atoms with Crippen LogP contribution in [0, 0.1) is 5.92 Å². The zero-order valence-corrected chi connectivity index (χ0v) is 13.5. The summed E-state index contributed by atoms with van der Waals surface area (Å²) in [5, 5.41) is 3.85. The molecule has 3 nitrogen and oxygen atoms in total. The fourth-order valence-corrected chi connectivity index (χ4v) is 4.13. The van der Waals surface area contributed by atoms with Crippen LogP contribution in [0.2, 0.25) is 0 Å². The molecule has 0 amide bonds. The molecule has 3 aliphatic rings. The summed E-state index contributed by atoms with van der Waals surface area (Å²) in [7, 11) is 0. The number of rotatable bonds is 6. The number of likely N-dealkylation sites (tertiary alicyclic amines) is 2. The lowest BCUT2D eigenvalue weighted by atomic mass is 10.1. The highest BCUT2D eigenvalue weighted by Crippen LogP contribution is 2.33. The number of nitrogens with one attached hydrogen (secondary N) is 1. The highest BCUT2D eigenvalue weighted by molar-refractivity contribution is 4.96. The normalized spacial score (nSPS) is 34.5. The summed E-state index contributed by atoms with van der Waals surface area (Å²) in [6, 6.07) is 2.48. The van der Waals surface area contributed by atoms with Gasteiger partial charge in [-0.2, -0.15) is 0 Å². The predicted octanol–water partition coefficient (Wildman–Crippen LogP) is 2.32. The zero-order valence-electron chi connectivity index (χ0n) is 13.5. The van der Waals surface area contributed by atoms with Gasteiger partial charge in [0.25, 0.3) is 0 Å². The Hall–Kier alpha value is -0.120. The van der Waals surface area contributed by atoms with E-state index >= 15 is 0 Å². The van der Waals surface area contributed by atoms with Crippen molar-refractivity contribution in [2.45, 2.75) is 70.5 Å². The first kappa shape index (κ1) is 14.8. The molecule has 1 N–H and O–H groups in total. The third-order valence-electron chi connectivity index (χ3n) is 5.41. The Kier molecular flexibility index (Phi) is 5.00. The van der Waals surface area contributed by atoms with Crippen molar-refractivity contribution in [3.05, 3.63) is 0 Å². The predicted molar refractivity (Wildman–Crippen MR) is 85.1 cm³/mol. The minimum atomic E-state index is 0.745. The Morgan fingerprint density at radius 1 is 1.15 bits per heavy atom. The van der Waals surface area contributed by atoms with Crippen molar-refractivity contribution in [3.8, 4) is 0 Å². The van der Waals surface area contributed by atoms with Crippen LogP contribution in [0.5, 0.6) is 0 Å². The van der Waals surface area contributed by atoms with Crippen LogP contribution in [0.25, 0.3) is 0 Å². The van der Waals surface area contributed by atoms with Crippen molar-refractivity contribution in [2.75, 3.05) is 32.7 Å². The molecule has 20 heavy (non-hydrogen) atoms. The van der Waals surface area contributed by atoms with Gasteiger partial charge in [-0.15, -0.1) is 0 Å². The molecule has 3 atom stereocenters. The first-order valence-electron chi connectivity index (χ1n) is 8.94. The fourth-order valence-electron chi connectivity index (χ4n) is 4.13. The van der Waals surface area contributed by atoms with E-state index in [9.17, 15) is 0 Å². The molecule has 0 spiro atoms. The average molecular weight is 279 g/mol. The number of nitrogens with zero attached hydrogens (tertiary/aromatic N) is 2. The Morgan fingerprint density at radius 2 is 1.90 bits per heavy atom. The molecule has 1 aliphatic carbocycles. The number of piperidine rings is 1. The summed E-state index contributed by atoms with van der Waals surface area (Å²) in [6.45, 7) is 11.3. The Bertz CT molecular complexity index is 297. The number of hydrogen-bond donors (Lipinski definition) is 1. The first-order chi connectivity index (χ1) is 9.72. The van der Waals surface area contributed by atoms with Gasteiger partial charge in [0.1, 0.15) is 0 Å². The molecule has 116 valence electrons. The maximum absolute atomic E-state index is 3.85. The maximum Gasteiger partial charge on any atom is 0.0210 e. The van der Waals surface area contributed by atoms with Gasteiger partial charge in [-0.1, -0.05) is 13.3 Å². The van der Waals surface area contributed by atoms with Crippen LogP contribution >= 0.6 is 0 Å². The summed E-state index contributed by atoms with van der Waals surface area (Å²) >= 11 is 0. The van der Waals surface area contributed by atoms with E-state index in [1.807, 2.05) is 0 Å². The highest BCUT2D eigenvalue weighted by Gasteiger charge is 2.38. The molecule has 0 aromatic rings. The van der Waals surface area contributed by atoms with Crippen LogP contribution in [0.4, 0.5) is 0 Å². The van der Waals surface area contributed by atoms with E-state index < -0.39 is 0 Å². The largest absolute Gasteiger partial charge is 0.312 e. The quantitative estimate of drug-likeness (QED) is 0.805. The smallest absolute Gasteiger partial charge is 0.0210 e. The molecule has 0 aromatic carbocycles. The summed E-state index contributed by atoms with van der Waals surface area (Å²) in [6.07, 6.45) is 8.52. The molecule has 2 saturated heterocycles. The molecule has 2 aliphatic heterocycles. The minimum absolute atomic E-state index is 0.745. The third-order valence-corrected chi connectivity index (χ3v) is 5.41. The van der Waals surface area contributed by atoms with Crippen LogP contribution in [-0.4, -0.2) is 60.6 Å². The van der Waals surface area contributed by atoms with Crippen LogP contribution in [-0.2, 0) is 0 Å². The summed E-state index contributed by atoms with van der Waals surface area (Å²) in [5.74, 6) is 0.790. The summed E-state index contributed by atoms with van der Waals surface area (Å²) in [4.78, 5) is 5.41. The lowest BCUT2D eigenvalue weighted by molar-refractivity contribution is 0.197. The zero-order chi connectivity index (χ0) is 13.9. The first-order valence-corrected chi connectivity index (χ1v) is 8.94. The van der Waals surface area contributed by atoms with E-state index in [4.69, 9.17) is 0 Å². The van der Waals surface area contributed by atoms with E-state index in [1.54, 1.807) is 0 Å². The molecule has 2 heterocycles. The second-order valence-corrected chi connectivity index (χ2v) is 7.58. The monoisotopic (exact) mass is 279 g/mol. The lowest BCUT2D eigenvalue weighted by Crippen LogP contribution is -2.40. The maximum atomic E-state index is 3.85. The molecule has 0 bridgehead atoms. The Labute approximate surface area is 125 Å². The van der Waals surface area contributed by atoms with Gasteiger partial charge in [0, 0.05) is 31.2 Å². The molecular formula is C17H33N3. The van der Waals surface area contributed by atoms with Gasteiger partial charge in [0.15, 0.2) is 0 Å². The van der Waals surface area contributed by atoms with Crippen molar-refractivity contribution in [1.82, 2.24) is 15.1 Å². The standard InChI is InChI=1S/C17H33N3/c1-14(12-19-8-4-3-5-9-19)11-18-16-10-15(2)20(13-16)17-6-7-17/h14-18H,3-13H2,1-2H3. The topological polar surface area (TPSA) is 18.5 Å². The minimum Gasteiger partial charge on any atom is -0.312 e. The van der Waals surface area contributed by atoms with Gasteiger partial charge in [-0.05, 0) is 64.6 Å². The molecule has 3 unspecified atom stereocenters. The molecule has 1 saturated carbocycles. The molecule has 3 rings (SSSR count). The SMILES string of the molecule is CC(CNC1CC(C)N(C2CC2)C1)CN1CCCCC1. The lowest BCUT2D eigenvalue weighted by Gasteiger charge is -2.29. The van der Waals surface area contributed by atoms with Crippen molar-refractivity contribution >= 4 is 0 Å². The van der Waals surface area contributed by atoms with Gasteiger partial charge >= 0.3 is 0 Å². The molecule has 3 heteroatoms. The highest BCUT2D eigenvalue weighted by atomic mass is 15.3. The van der Waals surface area contributed by atoms with Crippen molar-refractivity contribution in [2.24, 2.45) is 5.92 Å². The second-order valence-electron chi connectivity index (χ2n) is 7.58. The van der Waals surface area contributed by atoms with Crippen LogP contribution in [0.1, 0.15) is 52.4 Å². The number of hydrogen-bond acceptors (Lipinski definition) is 3. The van der Waals surface area contributed by atoms with Crippen LogP contribution in [0.15, 0.2) is 0 Å². The Morgan fingerprint density at radius 3 is 2.60 bits per heavy atom. The van der Waals surface area contributed by atoms with Gasteiger partial charge < -0.3 is 10.2 Å². The third kappa shape index (κ3) is 3.96. The van der Waals surface area contributed by atoms with Crippen LogP contribution < -0.4 is 5.32 Å². The summed E-state index contributed by atoms with van der Waals surface area (Å²) < 4.78 is 0. The van der Waals surface area contributed by atoms with E-state index in [0.29, 0.717) is 0 Å². The van der Waals surface area contributed by atoms with Gasteiger partial charge in [0.2, 0.25) is 0 Å². The fraction of sp³-hybridized carbons (Fsp3) is 1.00. The molecule has 0 aromatic heterocycles. The molecular weight excluding hydrogens is 246 g/mol. The van der Waals surface area contributed by atoms with E-state index in [-0.39, 0.29) is 0 Å². The van der Waals surface area contributed by atoms with E-state index in [0.717, 1.165) is 24.0 Å². The van der Waals surface area contributed by atoms with Gasteiger partial charge in [-0.3, -0.25) is 4.90 Å². The Balaban J connectivity index is 1.34. The summed E-state index contributed by atoms with van der Waals surface area (Å²) in [5.41, 5.74) is 0. The molecule has 0 radical (unpaired) electrons.